The Bertz CT molecular complexity index is 482. The fourth-order valence-electron chi connectivity index (χ4n) is 3.48. The number of nitrogens with zero attached hydrogens (tertiary/aromatic N) is 1. The molecule has 0 aromatic carbocycles. The van der Waals surface area contributed by atoms with Crippen LogP contribution in [-0.2, 0) is 4.74 Å². The molecule has 2 fully saturated rings. The SMILES string of the molecule is C[C@H](NC(=O)NC[C@@H](c1cccs1)N1CCCC1)[C@H]1CCCO1. The number of carbonyl (C=O) groups is 1. The van der Waals surface area contributed by atoms with E-state index in [0.717, 1.165) is 32.5 Å². The molecule has 2 saturated heterocycles. The maximum atomic E-state index is 12.2. The zero-order valence-electron chi connectivity index (χ0n) is 13.8. The van der Waals surface area contributed by atoms with Gasteiger partial charge in [0.25, 0.3) is 0 Å². The van der Waals surface area contributed by atoms with Gasteiger partial charge in [-0.15, -0.1) is 11.3 Å². The van der Waals surface area contributed by atoms with Crippen molar-refractivity contribution in [3.8, 4) is 0 Å². The molecule has 0 radical (unpaired) electrons. The number of hydrogen-bond donors (Lipinski definition) is 2. The van der Waals surface area contributed by atoms with Gasteiger partial charge in [-0.2, -0.15) is 0 Å². The van der Waals surface area contributed by atoms with Crippen molar-refractivity contribution in [2.75, 3.05) is 26.2 Å². The first-order valence-corrected chi connectivity index (χ1v) is 9.55. The molecule has 2 N–H and O–H groups in total. The average molecular weight is 337 g/mol. The van der Waals surface area contributed by atoms with Gasteiger partial charge >= 0.3 is 6.03 Å². The van der Waals surface area contributed by atoms with Gasteiger partial charge in [0.2, 0.25) is 0 Å². The van der Waals surface area contributed by atoms with Crippen molar-refractivity contribution >= 4 is 17.4 Å². The van der Waals surface area contributed by atoms with E-state index in [0.29, 0.717) is 12.6 Å². The van der Waals surface area contributed by atoms with Crippen molar-refractivity contribution < 1.29 is 9.53 Å². The molecule has 5 nitrogen and oxygen atoms in total. The summed E-state index contributed by atoms with van der Waals surface area (Å²) < 4.78 is 5.63. The molecular formula is C17H27N3O2S. The summed E-state index contributed by atoms with van der Waals surface area (Å²) >= 11 is 1.77. The average Bonchev–Trinajstić information content (AvgIpc) is 3.30. The van der Waals surface area contributed by atoms with Crippen molar-refractivity contribution in [2.45, 2.75) is 50.8 Å². The first-order chi connectivity index (χ1) is 11.2. The van der Waals surface area contributed by atoms with Crippen LogP contribution in [-0.4, -0.2) is 49.3 Å². The van der Waals surface area contributed by atoms with Gasteiger partial charge < -0.3 is 15.4 Å². The second kappa shape index (κ2) is 8.13. The Kier molecular flexibility index (Phi) is 5.91. The summed E-state index contributed by atoms with van der Waals surface area (Å²) in [5.41, 5.74) is 0. The summed E-state index contributed by atoms with van der Waals surface area (Å²) in [7, 11) is 0. The van der Waals surface area contributed by atoms with Gasteiger partial charge in [-0.25, -0.2) is 4.79 Å². The molecule has 2 aliphatic rings. The summed E-state index contributed by atoms with van der Waals surface area (Å²) in [4.78, 5) is 16.0. The summed E-state index contributed by atoms with van der Waals surface area (Å²) in [6.07, 6.45) is 4.79. The van der Waals surface area contributed by atoms with E-state index >= 15 is 0 Å². The predicted octanol–water partition coefficient (Wildman–Crippen LogP) is 2.75. The van der Waals surface area contributed by atoms with Crippen LogP contribution in [0, 0.1) is 0 Å². The van der Waals surface area contributed by atoms with E-state index in [1.165, 1.54) is 17.7 Å². The second-order valence-electron chi connectivity index (χ2n) is 6.47. The lowest BCUT2D eigenvalue weighted by molar-refractivity contribution is 0.0859. The van der Waals surface area contributed by atoms with Gasteiger partial charge in [0, 0.05) is 18.0 Å². The highest BCUT2D eigenvalue weighted by Crippen LogP contribution is 2.27. The van der Waals surface area contributed by atoms with Crippen LogP contribution < -0.4 is 10.6 Å². The minimum atomic E-state index is -0.0891. The highest BCUT2D eigenvalue weighted by molar-refractivity contribution is 7.10. The number of nitrogens with one attached hydrogen (secondary N) is 2. The van der Waals surface area contributed by atoms with E-state index in [1.807, 2.05) is 6.92 Å². The molecule has 6 heteroatoms. The Morgan fingerprint density at radius 2 is 2.26 bits per heavy atom. The summed E-state index contributed by atoms with van der Waals surface area (Å²) in [5.74, 6) is 0. The molecule has 3 heterocycles. The summed E-state index contributed by atoms with van der Waals surface area (Å²) in [5, 5.41) is 8.19. The summed E-state index contributed by atoms with van der Waals surface area (Å²) in [6, 6.07) is 4.52. The molecule has 2 aliphatic heterocycles. The number of urea groups is 1. The Hall–Kier alpha value is -1.11. The first-order valence-electron chi connectivity index (χ1n) is 8.67. The number of rotatable bonds is 6. The lowest BCUT2D eigenvalue weighted by Crippen LogP contribution is -2.47. The minimum Gasteiger partial charge on any atom is -0.376 e. The molecule has 0 bridgehead atoms. The number of ether oxygens (including phenoxy) is 1. The minimum absolute atomic E-state index is 0.0597. The van der Waals surface area contributed by atoms with Crippen molar-refractivity contribution in [3.05, 3.63) is 22.4 Å². The highest BCUT2D eigenvalue weighted by Gasteiger charge is 2.26. The van der Waals surface area contributed by atoms with E-state index in [-0.39, 0.29) is 18.2 Å². The van der Waals surface area contributed by atoms with Crippen LogP contribution in [0.5, 0.6) is 0 Å². The quantitative estimate of drug-likeness (QED) is 0.839. The van der Waals surface area contributed by atoms with Crippen LogP contribution in [0.3, 0.4) is 0 Å². The number of likely N-dealkylation sites (tertiary alicyclic amines) is 1. The van der Waals surface area contributed by atoms with Gasteiger partial charge in [-0.05, 0) is 57.1 Å². The maximum absolute atomic E-state index is 12.2. The van der Waals surface area contributed by atoms with Gasteiger partial charge in [0.05, 0.1) is 18.2 Å². The lowest BCUT2D eigenvalue weighted by Gasteiger charge is -2.27. The van der Waals surface area contributed by atoms with Crippen LogP contribution in [0.15, 0.2) is 17.5 Å². The third kappa shape index (κ3) is 4.46. The Balaban J connectivity index is 1.50. The maximum Gasteiger partial charge on any atom is 0.315 e. The zero-order chi connectivity index (χ0) is 16.1. The fraction of sp³-hybridized carbons (Fsp3) is 0.706. The molecule has 3 atom stereocenters. The largest absolute Gasteiger partial charge is 0.376 e. The molecule has 2 amide bonds. The Morgan fingerprint density at radius 3 is 2.91 bits per heavy atom. The molecule has 0 unspecified atom stereocenters. The van der Waals surface area contributed by atoms with Crippen LogP contribution in [0.25, 0.3) is 0 Å². The fourth-order valence-corrected chi connectivity index (χ4v) is 4.34. The molecule has 0 saturated carbocycles. The van der Waals surface area contributed by atoms with Gasteiger partial charge in [-0.1, -0.05) is 6.07 Å². The normalized spacial score (nSPS) is 24.5. The topological polar surface area (TPSA) is 53.6 Å². The zero-order valence-corrected chi connectivity index (χ0v) is 14.6. The summed E-state index contributed by atoms with van der Waals surface area (Å²) in [6.45, 7) is 5.74. The van der Waals surface area contributed by atoms with Crippen molar-refractivity contribution in [3.63, 3.8) is 0 Å². The number of thiophene rings is 1. The number of amides is 2. The van der Waals surface area contributed by atoms with Crippen molar-refractivity contribution in [2.24, 2.45) is 0 Å². The third-order valence-corrected chi connectivity index (χ3v) is 5.76. The monoisotopic (exact) mass is 337 g/mol. The standard InChI is InChI=1S/C17H27N3O2S/c1-13(15-6-4-10-22-15)19-17(21)18-12-14(16-7-5-11-23-16)20-8-2-3-9-20/h5,7,11,13-15H,2-4,6,8-10,12H2,1H3,(H2,18,19,21)/t13-,14-,15+/m0/s1. The molecule has 3 rings (SSSR count). The Morgan fingerprint density at radius 1 is 1.43 bits per heavy atom. The molecule has 1 aromatic heterocycles. The van der Waals surface area contributed by atoms with E-state index < -0.39 is 0 Å². The predicted molar refractivity (Wildman–Crippen MR) is 92.8 cm³/mol. The first kappa shape index (κ1) is 16.7. The second-order valence-corrected chi connectivity index (χ2v) is 7.45. The van der Waals surface area contributed by atoms with Crippen LogP contribution >= 0.6 is 11.3 Å². The molecule has 1 aromatic rings. The Labute approximate surface area is 142 Å². The number of hydrogen-bond acceptors (Lipinski definition) is 4. The van der Waals surface area contributed by atoms with Gasteiger partial charge in [0.1, 0.15) is 0 Å². The molecule has 23 heavy (non-hydrogen) atoms. The molecular weight excluding hydrogens is 310 g/mol. The molecule has 128 valence electrons. The van der Waals surface area contributed by atoms with E-state index in [9.17, 15) is 4.79 Å². The van der Waals surface area contributed by atoms with Crippen LogP contribution in [0.2, 0.25) is 0 Å². The van der Waals surface area contributed by atoms with Gasteiger partial charge in [-0.3, -0.25) is 4.90 Å². The van der Waals surface area contributed by atoms with Crippen molar-refractivity contribution in [1.82, 2.24) is 15.5 Å². The van der Waals surface area contributed by atoms with E-state index in [4.69, 9.17) is 4.74 Å². The smallest absolute Gasteiger partial charge is 0.315 e. The lowest BCUT2D eigenvalue weighted by atomic mass is 10.1. The number of carbonyl (C=O) groups excluding carboxylic acids is 1. The van der Waals surface area contributed by atoms with Crippen LogP contribution in [0.1, 0.15) is 43.5 Å². The van der Waals surface area contributed by atoms with Crippen LogP contribution in [0.4, 0.5) is 4.79 Å². The van der Waals surface area contributed by atoms with Gasteiger partial charge in [0.15, 0.2) is 0 Å². The molecule has 0 aliphatic carbocycles. The van der Waals surface area contributed by atoms with E-state index in [2.05, 4.69) is 33.0 Å². The molecule has 0 spiro atoms. The van der Waals surface area contributed by atoms with Crippen molar-refractivity contribution in [1.29, 1.82) is 0 Å². The third-order valence-electron chi connectivity index (χ3n) is 4.79. The van der Waals surface area contributed by atoms with E-state index in [1.54, 1.807) is 11.3 Å². The highest BCUT2D eigenvalue weighted by atomic mass is 32.1.